The van der Waals surface area contributed by atoms with Crippen LogP contribution in [-0.4, -0.2) is 0 Å². The molecule has 1 aliphatic carbocycles. The summed E-state index contributed by atoms with van der Waals surface area (Å²) >= 11 is 0. The molecule has 0 spiro atoms. The Labute approximate surface area is 59.0 Å². The summed E-state index contributed by atoms with van der Waals surface area (Å²) in [7, 11) is 0. The van der Waals surface area contributed by atoms with Crippen LogP contribution < -0.4 is 0 Å². The summed E-state index contributed by atoms with van der Waals surface area (Å²) in [5.41, 5.74) is 2.49. The minimum Gasteiger partial charge on any atom is -0.207 e. The van der Waals surface area contributed by atoms with Crippen molar-refractivity contribution < 1.29 is 4.39 Å². The van der Waals surface area contributed by atoms with E-state index >= 15 is 0 Å². The molecule has 0 bridgehead atoms. The molecule has 0 N–H and O–H groups in total. The van der Waals surface area contributed by atoms with Crippen molar-refractivity contribution in [3.05, 3.63) is 41.7 Å². The number of benzene rings is 1. The van der Waals surface area contributed by atoms with E-state index in [1.54, 1.807) is 0 Å². The molecule has 1 aromatic rings. The molecule has 50 valence electrons. The quantitative estimate of drug-likeness (QED) is 0.553. The molecule has 0 aliphatic heterocycles. The molecular weight excluding hydrogens is 127 g/mol. The highest BCUT2D eigenvalue weighted by Crippen LogP contribution is 2.30. The second-order valence-electron chi connectivity index (χ2n) is 2.44. The molecule has 0 aromatic heterocycles. The third-order valence-electron chi connectivity index (χ3n) is 1.62. The molecule has 0 saturated carbocycles. The van der Waals surface area contributed by atoms with Gasteiger partial charge in [-0.25, -0.2) is 4.39 Å². The van der Waals surface area contributed by atoms with E-state index in [-0.39, 0.29) is 5.82 Å². The van der Waals surface area contributed by atoms with Crippen LogP contribution in [0.2, 0.25) is 0 Å². The SMILES string of the molecule is Fc1ccc(C2=CC2)cc1. The molecule has 1 aliphatic rings. The summed E-state index contributed by atoms with van der Waals surface area (Å²) in [6, 6.07) is 6.62. The number of hydrogen-bond donors (Lipinski definition) is 0. The highest BCUT2D eigenvalue weighted by atomic mass is 19.1. The third-order valence-corrected chi connectivity index (χ3v) is 1.62. The highest BCUT2D eigenvalue weighted by molar-refractivity contribution is 5.77. The van der Waals surface area contributed by atoms with E-state index in [4.69, 9.17) is 0 Å². The van der Waals surface area contributed by atoms with Crippen molar-refractivity contribution >= 4 is 5.57 Å². The largest absolute Gasteiger partial charge is 0.207 e. The van der Waals surface area contributed by atoms with Gasteiger partial charge < -0.3 is 0 Å². The van der Waals surface area contributed by atoms with Crippen LogP contribution in [0.5, 0.6) is 0 Å². The molecule has 10 heavy (non-hydrogen) atoms. The summed E-state index contributed by atoms with van der Waals surface area (Å²) in [6.07, 6.45) is 3.21. The summed E-state index contributed by atoms with van der Waals surface area (Å²) in [6.45, 7) is 0. The van der Waals surface area contributed by atoms with Gasteiger partial charge in [0.15, 0.2) is 0 Å². The monoisotopic (exact) mass is 134 g/mol. The smallest absolute Gasteiger partial charge is 0.123 e. The van der Waals surface area contributed by atoms with E-state index in [1.165, 1.54) is 17.7 Å². The van der Waals surface area contributed by atoms with Crippen molar-refractivity contribution in [1.29, 1.82) is 0 Å². The molecule has 0 nitrogen and oxygen atoms in total. The van der Waals surface area contributed by atoms with Crippen molar-refractivity contribution in [2.24, 2.45) is 0 Å². The summed E-state index contributed by atoms with van der Waals surface area (Å²) in [4.78, 5) is 0. The molecule has 2 rings (SSSR count). The van der Waals surface area contributed by atoms with Crippen LogP contribution in [0.15, 0.2) is 30.3 Å². The standard InChI is InChI=1S/C9H7F/c10-9-5-3-8(4-6-9)7-1-2-7/h1,3-6H,2H2. The number of hydrogen-bond acceptors (Lipinski definition) is 0. The fraction of sp³-hybridized carbons (Fsp3) is 0.111. The van der Waals surface area contributed by atoms with Gasteiger partial charge in [-0.2, -0.15) is 0 Å². The van der Waals surface area contributed by atoms with Gasteiger partial charge in [-0.3, -0.25) is 0 Å². The van der Waals surface area contributed by atoms with Gasteiger partial charge in [0.05, 0.1) is 0 Å². The van der Waals surface area contributed by atoms with Gasteiger partial charge >= 0.3 is 0 Å². The lowest BCUT2D eigenvalue weighted by Gasteiger charge is -1.91. The van der Waals surface area contributed by atoms with Crippen LogP contribution in [0.3, 0.4) is 0 Å². The third kappa shape index (κ3) is 0.947. The predicted molar refractivity (Wildman–Crippen MR) is 39.0 cm³/mol. The van der Waals surface area contributed by atoms with Crippen molar-refractivity contribution in [2.75, 3.05) is 0 Å². The summed E-state index contributed by atoms with van der Waals surface area (Å²) < 4.78 is 12.4. The van der Waals surface area contributed by atoms with Gasteiger partial charge in [0.2, 0.25) is 0 Å². The van der Waals surface area contributed by atoms with Crippen LogP contribution in [-0.2, 0) is 0 Å². The van der Waals surface area contributed by atoms with Crippen molar-refractivity contribution in [1.82, 2.24) is 0 Å². The number of rotatable bonds is 1. The van der Waals surface area contributed by atoms with Crippen LogP contribution in [0.4, 0.5) is 4.39 Å². The minimum atomic E-state index is -0.162. The Morgan fingerprint density at radius 3 is 2.20 bits per heavy atom. The van der Waals surface area contributed by atoms with Gasteiger partial charge in [-0.15, -0.1) is 0 Å². The maximum atomic E-state index is 12.4. The average molecular weight is 134 g/mol. The van der Waals surface area contributed by atoms with Crippen LogP contribution in [0.25, 0.3) is 5.57 Å². The highest BCUT2D eigenvalue weighted by Gasteiger charge is 2.08. The Bertz CT molecular complexity index is 269. The summed E-state index contributed by atoms with van der Waals surface area (Å²) in [5.74, 6) is -0.162. The Morgan fingerprint density at radius 1 is 1.10 bits per heavy atom. The molecule has 0 heterocycles. The fourth-order valence-electron chi connectivity index (χ4n) is 0.951. The van der Waals surface area contributed by atoms with Gasteiger partial charge in [-0.05, 0) is 29.7 Å². The van der Waals surface area contributed by atoms with E-state index in [1.807, 2.05) is 12.1 Å². The van der Waals surface area contributed by atoms with Crippen LogP contribution in [0, 0.1) is 5.82 Å². The number of halogens is 1. The lowest BCUT2D eigenvalue weighted by Crippen LogP contribution is -1.74. The Kier molecular flexibility index (Phi) is 1.10. The van der Waals surface area contributed by atoms with Crippen molar-refractivity contribution in [3.63, 3.8) is 0 Å². The minimum absolute atomic E-state index is 0.162. The first-order chi connectivity index (χ1) is 4.86. The van der Waals surface area contributed by atoms with Crippen molar-refractivity contribution in [2.45, 2.75) is 6.42 Å². The predicted octanol–water partition coefficient (Wildman–Crippen LogP) is 2.61. The van der Waals surface area contributed by atoms with Crippen LogP contribution in [0.1, 0.15) is 12.0 Å². The Balaban J connectivity index is 2.37. The van der Waals surface area contributed by atoms with Crippen LogP contribution >= 0.6 is 0 Å². The van der Waals surface area contributed by atoms with Gasteiger partial charge in [0.25, 0.3) is 0 Å². The zero-order valence-corrected chi connectivity index (χ0v) is 5.47. The number of allylic oxidation sites excluding steroid dienone is 2. The second-order valence-corrected chi connectivity index (χ2v) is 2.44. The molecular formula is C9H7F. The maximum absolute atomic E-state index is 12.4. The van der Waals surface area contributed by atoms with E-state index in [0.29, 0.717) is 0 Å². The fourth-order valence-corrected chi connectivity index (χ4v) is 0.951. The van der Waals surface area contributed by atoms with E-state index in [9.17, 15) is 4.39 Å². The maximum Gasteiger partial charge on any atom is 0.123 e. The van der Waals surface area contributed by atoms with Crippen molar-refractivity contribution in [3.8, 4) is 0 Å². The van der Waals surface area contributed by atoms with E-state index < -0.39 is 0 Å². The first kappa shape index (κ1) is 5.66. The normalized spacial score (nSPS) is 14.7. The van der Waals surface area contributed by atoms with E-state index in [2.05, 4.69) is 6.08 Å². The molecule has 1 aromatic carbocycles. The Hall–Kier alpha value is -1.11. The van der Waals surface area contributed by atoms with Gasteiger partial charge in [0.1, 0.15) is 5.82 Å². The van der Waals surface area contributed by atoms with Gasteiger partial charge in [0, 0.05) is 0 Å². The lowest BCUT2D eigenvalue weighted by molar-refractivity contribution is 0.627. The average Bonchev–Trinajstić information content (AvgIpc) is 2.71. The molecule has 0 saturated heterocycles. The zero-order chi connectivity index (χ0) is 6.97. The molecule has 0 fully saturated rings. The second kappa shape index (κ2) is 1.94. The summed E-state index contributed by atoms with van der Waals surface area (Å²) in [5, 5.41) is 0. The van der Waals surface area contributed by atoms with E-state index in [0.717, 1.165) is 12.0 Å². The van der Waals surface area contributed by atoms with Gasteiger partial charge in [-0.1, -0.05) is 18.2 Å². The molecule has 0 radical (unpaired) electrons. The lowest BCUT2D eigenvalue weighted by atomic mass is 10.2. The topological polar surface area (TPSA) is 0 Å². The molecule has 1 heteroatoms. The molecule has 0 amide bonds. The first-order valence-corrected chi connectivity index (χ1v) is 3.31. The molecule has 0 unspecified atom stereocenters. The zero-order valence-electron chi connectivity index (χ0n) is 5.47. The Morgan fingerprint density at radius 2 is 1.70 bits per heavy atom. The first-order valence-electron chi connectivity index (χ1n) is 3.31. The molecule has 0 atom stereocenters.